The van der Waals surface area contributed by atoms with Crippen molar-refractivity contribution in [3.63, 3.8) is 0 Å². The molecule has 3 atom stereocenters. The van der Waals surface area contributed by atoms with Crippen LogP contribution in [0.3, 0.4) is 0 Å². The van der Waals surface area contributed by atoms with Gasteiger partial charge in [0, 0.05) is 11.5 Å². The van der Waals surface area contributed by atoms with Crippen LogP contribution >= 0.6 is 0 Å². The van der Waals surface area contributed by atoms with Gasteiger partial charge < -0.3 is 9.84 Å². The van der Waals surface area contributed by atoms with Gasteiger partial charge in [-0.3, -0.25) is 0 Å². The van der Waals surface area contributed by atoms with Crippen LogP contribution in [0.25, 0.3) is 0 Å². The Morgan fingerprint density at radius 2 is 2.04 bits per heavy atom. The van der Waals surface area contributed by atoms with E-state index in [9.17, 15) is 9.90 Å². The molecule has 1 N–H and O–H groups in total. The number of ether oxygens (including phenoxy) is 1. The predicted octanol–water partition coefficient (Wildman–Crippen LogP) is 4.71. The molecule has 3 nitrogen and oxygen atoms in total. The zero-order valence-corrected chi connectivity index (χ0v) is 14.5. The zero-order valence-electron chi connectivity index (χ0n) is 14.5. The topological polar surface area (TPSA) is 46.5 Å². The molecule has 1 aliphatic heterocycles. The molecule has 0 unspecified atom stereocenters. The lowest BCUT2D eigenvalue weighted by Crippen LogP contribution is -2.48. The molecule has 126 valence electrons. The van der Waals surface area contributed by atoms with Gasteiger partial charge in [-0.15, -0.1) is 0 Å². The maximum atomic E-state index is 11.3. The average molecular weight is 316 g/mol. The highest BCUT2D eigenvalue weighted by atomic mass is 16.6. The van der Waals surface area contributed by atoms with Crippen LogP contribution < -0.4 is 0 Å². The number of aliphatic hydroxyl groups is 1. The Bertz CT molecular complexity index is 596. The number of hydrogen-bond donors (Lipinski definition) is 1. The van der Waals surface area contributed by atoms with Gasteiger partial charge in [-0.1, -0.05) is 51.5 Å². The molecule has 0 bridgehead atoms. The van der Waals surface area contributed by atoms with E-state index in [1.165, 1.54) is 31.3 Å². The fourth-order valence-electron chi connectivity index (χ4n) is 5.32. The third-order valence-corrected chi connectivity index (χ3v) is 6.53. The number of allylic oxidation sites excluding steroid dienone is 2. The molecule has 0 aromatic rings. The predicted molar refractivity (Wildman–Crippen MR) is 90.8 cm³/mol. The number of fused-ring (bicyclic) bond motifs is 1. The Morgan fingerprint density at radius 3 is 2.70 bits per heavy atom. The quantitative estimate of drug-likeness (QED) is 0.593. The maximum Gasteiger partial charge on any atom is 0.374 e. The summed E-state index contributed by atoms with van der Waals surface area (Å²) in [4.78, 5) is 11.3. The van der Waals surface area contributed by atoms with Gasteiger partial charge in [-0.25, -0.2) is 4.79 Å². The van der Waals surface area contributed by atoms with E-state index < -0.39 is 5.97 Å². The summed E-state index contributed by atoms with van der Waals surface area (Å²) in [5, 5.41) is 9.76. The molecule has 3 rings (SSSR count). The summed E-state index contributed by atoms with van der Waals surface area (Å²) in [7, 11) is 0. The molecule has 0 aromatic heterocycles. The first-order chi connectivity index (χ1) is 10.8. The fourth-order valence-corrected chi connectivity index (χ4v) is 5.32. The van der Waals surface area contributed by atoms with Crippen molar-refractivity contribution in [1.29, 1.82) is 0 Å². The van der Waals surface area contributed by atoms with Gasteiger partial charge in [-0.2, -0.15) is 0 Å². The lowest BCUT2D eigenvalue weighted by Gasteiger charge is -2.57. The summed E-state index contributed by atoms with van der Waals surface area (Å²) >= 11 is 0. The lowest BCUT2D eigenvalue weighted by molar-refractivity contribution is -0.138. The van der Waals surface area contributed by atoms with E-state index >= 15 is 0 Å². The molecule has 0 amide bonds. The van der Waals surface area contributed by atoms with Crippen molar-refractivity contribution in [2.45, 2.75) is 52.9 Å². The molecule has 0 radical (unpaired) electrons. The lowest BCUT2D eigenvalue weighted by atomic mass is 9.47. The van der Waals surface area contributed by atoms with Gasteiger partial charge >= 0.3 is 5.97 Å². The molecule has 0 saturated heterocycles. The number of carbonyl (C=O) groups excluding carboxylic acids is 1. The Hall–Kier alpha value is -1.51. The number of hydrogen-bond acceptors (Lipinski definition) is 3. The first kappa shape index (κ1) is 16.4. The van der Waals surface area contributed by atoms with Gasteiger partial charge in [0.25, 0.3) is 0 Å². The molecule has 0 spiro atoms. The molecule has 2 fully saturated rings. The molecular weight excluding hydrogens is 288 g/mol. The Balaban J connectivity index is 1.90. The van der Waals surface area contributed by atoms with E-state index in [-0.39, 0.29) is 17.8 Å². The van der Waals surface area contributed by atoms with Crippen LogP contribution in [0.4, 0.5) is 0 Å². The highest BCUT2D eigenvalue weighted by molar-refractivity contribution is 5.89. The summed E-state index contributed by atoms with van der Waals surface area (Å²) in [6.07, 6.45) is 10.1. The van der Waals surface area contributed by atoms with Crippen LogP contribution in [0, 0.1) is 22.7 Å². The van der Waals surface area contributed by atoms with Crippen molar-refractivity contribution in [2.24, 2.45) is 22.7 Å². The molecule has 0 aromatic carbocycles. The highest BCUT2D eigenvalue weighted by Gasteiger charge is 2.52. The number of aliphatic hydroxyl groups excluding tert-OH is 1. The van der Waals surface area contributed by atoms with Crippen molar-refractivity contribution in [3.05, 3.63) is 35.6 Å². The zero-order chi connectivity index (χ0) is 16.8. The van der Waals surface area contributed by atoms with Crippen molar-refractivity contribution < 1.29 is 14.6 Å². The third kappa shape index (κ3) is 2.64. The minimum Gasteiger partial charge on any atom is -0.502 e. The number of esters is 1. The van der Waals surface area contributed by atoms with E-state index in [0.29, 0.717) is 22.8 Å². The first-order valence-electron chi connectivity index (χ1n) is 8.71. The minimum atomic E-state index is -0.616. The maximum absolute atomic E-state index is 11.3. The molecule has 3 aliphatic rings. The summed E-state index contributed by atoms with van der Waals surface area (Å²) in [6.45, 7) is 11.7. The minimum absolute atomic E-state index is 0.173. The standard InChI is InChI=1S/C20H28O3/c1-13-6-9-16-19(2,3)10-5-11-20(16,4)15(13)8-7-14-12-23-18(22)17(14)21/h7-8,15-16,21H,1,5-6,9-12H2,2-4H3/b8-7+/t15-,16-,20+/m0/s1. The van der Waals surface area contributed by atoms with E-state index in [1.807, 2.05) is 6.08 Å². The molecule has 23 heavy (non-hydrogen) atoms. The number of carbonyl (C=O) groups is 1. The van der Waals surface area contributed by atoms with Gasteiger partial charge in [0.05, 0.1) is 0 Å². The van der Waals surface area contributed by atoms with E-state index in [2.05, 4.69) is 33.4 Å². The van der Waals surface area contributed by atoms with Crippen LogP contribution in [0.5, 0.6) is 0 Å². The van der Waals surface area contributed by atoms with Crippen LogP contribution in [0.15, 0.2) is 35.6 Å². The Labute approximate surface area is 139 Å². The monoisotopic (exact) mass is 316 g/mol. The average Bonchev–Trinajstić information content (AvgIpc) is 2.77. The Morgan fingerprint density at radius 1 is 1.30 bits per heavy atom. The van der Waals surface area contributed by atoms with Crippen molar-refractivity contribution >= 4 is 5.97 Å². The number of rotatable bonds is 2. The SMILES string of the molecule is C=C1CC[C@H]2C(C)(C)CCC[C@]2(C)[C@H]1/C=C/C1=C(O)C(=O)OC1. The Kier molecular flexibility index (Phi) is 3.94. The molecule has 2 saturated carbocycles. The smallest absolute Gasteiger partial charge is 0.374 e. The summed E-state index contributed by atoms with van der Waals surface area (Å²) in [5.74, 6) is 0.133. The second kappa shape index (κ2) is 5.54. The van der Waals surface area contributed by atoms with Crippen LogP contribution in [0.1, 0.15) is 52.9 Å². The molecule has 2 aliphatic carbocycles. The van der Waals surface area contributed by atoms with Gasteiger partial charge in [0.1, 0.15) is 6.61 Å². The van der Waals surface area contributed by atoms with Crippen LogP contribution in [-0.2, 0) is 9.53 Å². The van der Waals surface area contributed by atoms with Crippen LogP contribution in [-0.4, -0.2) is 17.7 Å². The van der Waals surface area contributed by atoms with Crippen molar-refractivity contribution in [2.75, 3.05) is 6.61 Å². The van der Waals surface area contributed by atoms with E-state index in [4.69, 9.17) is 4.74 Å². The van der Waals surface area contributed by atoms with Gasteiger partial charge in [-0.05, 0) is 42.4 Å². The first-order valence-corrected chi connectivity index (χ1v) is 8.71. The van der Waals surface area contributed by atoms with Crippen molar-refractivity contribution in [1.82, 2.24) is 0 Å². The molecule has 1 heterocycles. The molecular formula is C20H28O3. The second-order valence-corrected chi connectivity index (χ2v) is 8.38. The van der Waals surface area contributed by atoms with Gasteiger partial charge in [0.15, 0.2) is 0 Å². The largest absolute Gasteiger partial charge is 0.502 e. The number of cyclic esters (lactones) is 1. The van der Waals surface area contributed by atoms with E-state index in [1.54, 1.807) is 0 Å². The van der Waals surface area contributed by atoms with E-state index in [0.717, 1.165) is 6.42 Å². The highest BCUT2D eigenvalue weighted by Crippen LogP contribution is 2.61. The summed E-state index contributed by atoms with van der Waals surface area (Å²) < 4.78 is 4.87. The summed E-state index contributed by atoms with van der Waals surface area (Å²) in [6, 6.07) is 0. The second-order valence-electron chi connectivity index (χ2n) is 8.38. The third-order valence-electron chi connectivity index (χ3n) is 6.53. The summed E-state index contributed by atoms with van der Waals surface area (Å²) in [5.41, 5.74) is 2.45. The van der Waals surface area contributed by atoms with Gasteiger partial charge in [0.2, 0.25) is 5.76 Å². The normalized spacial score (nSPS) is 37.2. The van der Waals surface area contributed by atoms with Crippen LogP contribution in [0.2, 0.25) is 0 Å². The molecule has 3 heteroatoms. The fraction of sp³-hybridized carbons (Fsp3) is 0.650. The van der Waals surface area contributed by atoms with Crippen molar-refractivity contribution in [3.8, 4) is 0 Å².